The molecule has 0 saturated carbocycles. The van der Waals surface area contributed by atoms with Crippen LogP contribution in [0.4, 0.5) is 5.69 Å². The number of amides is 1. The molecule has 0 spiro atoms. The first-order valence-corrected chi connectivity index (χ1v) is 10.6. The van der Waals surface area contributed by atoms with Gasteiger partial charge in [-0.15, -0.1) is 0 Å². The monoisotopic (exact) mass is 425 g/mol. The fourth-order valence-corrected chi connectivity index (χ4v) is 2.76. The van der Waals surface area contributed by atoms with Crippen molar-refractivity contribution in [2.45, 2.75) is 39.5 Å². The summed E-state index contributed by atoms with van der Waals surface area (Å²) in [4.78, 5) is 24.2. The standard InChI is InChI=1S/C25H31NO5/c1-4-6-7-17-31-25(28)20-10-12-21(13-11-20)26-24(27)15-9-19-8-14-22(30-16-5-2)23(18-19)29-3/h8-15,18H,4-7,16-17H2,1-3H3,(H,26,27)/b15-9+. The van der Waals surface area contributed by atoms with Gasteiger partial charge in [0.25, 0.3) is 0 Å². The number of rotatable bonds is 12. The normalized spacial score (nSPS) is 10.7. The molecule has 0 fully saturated rings. The second-order valence-electron chi connectivity index (χ2n) is 7.00. The summed E-state index contributed by atoms with van der Waals surface area (Å²) >= 11 is 0. The molecule has 2 rings (SSSR count). The number of hydrogen-bond donors (Lipinski definition) is 1. The van der Waals surface area contributed by atoms with Gasteiger partial charge in [0.1, 0.15) is 0 Å². The molecule has 0 saturated heterocycles. The minimum absolute atomic E-state index is 0.278. The molecule has 0 aliphatic heterocycles. The number of benzene rings is 2. The highest BCUT2D eigenvalue weighted by Crippen LogP contribution is 2.28. The van der Waals surface area contributed by atoms with Crippen molar-refractivity contribution in [2.24, 2.45) is 0 Å². The lowest BCUT2D eigenvalue weighted by molar-refractivity contribution is -0.111. The molecule has 1 N–H and O–H groups in total. The van der Waals surface area contributed by atoms with E-state index >= 15 is 0 Å². The predicted molar refractivity (Wildman–Crippen MR) is 123 cm³/mol. The molecule has 0 unspecified atom stereocenters. The Labute approximate surface area is 184 Å². The Balaban J connectivity index is 1.90. The Hall–Kier alpha value is -3.28. The number of esters is 1. The van der Waals surface area contributed by atoms with Crippen molar-refractivity contribution in [1.29, 1.82) is 0 Å². The summed E-state index contributed by atoms with van der Waals surface area (Å²) in [5.74, 6) is 0.664. The second kappa shape index (κ2) is 13.1. The Morgan fingerprint density at radius 3 is 2.39 bits per heavy atom. The zero-order chi connectivity index (χ0) is 22.5. The summed E-state index contributed by atoms with van der Waals surface area (Å²) in [5, 5.41) is 2.77. The first-order valence-electron chi connectivity index (χ1n) is 10.6. The van der Waals surface area contributed by atoms with E-state index in [1.165, 1.54) is 6.08 Å². The van der Waals surface area contributed by atoms with E-state index in [0.717, 1.165) is 31.2 Å². The lowest BCUT2D eigenvalue weighted by Gasteiger charge is -2.10. The maximum atomic E-state index is 12.2. The highest BCUT2D eigenvalue weighted by Gasteiger charge is 2.08. The van der Waals surface area contributed by atoms with Crippen LogP contribution in [-0.4, -0.2) is 32.2 Å². The van der Waals surface area contributed by atoms with Crippen LogP contribution in [0.5, 0.6) is 11.5 Å². The average Bonchev–Trinajstić information content (AvgIpc) is 2.79. The van der Waals surface area contributed by atoms with Gasteiger partial charge in [0.05, 0.1) is 25.9 Å². The zero-order valence-corrected chi connectivity index (χ0v) is 18.5. The summed E-state index contributed by atoms with van der Waals surface area (Å²) < 4.78 is 16.2. The maximum Gasteiger partial charge on any atom is 0.338 e. The largest absolute Gasteiger partial charge is 0.493 e. The van der Waals surface area contributed by atoms with E-state index in [1.807, 2.05) is 25.1 Å². The minimum atomic E-state index is -0.353. The lowest BCUT2D eigenvalue weighted by atomic mass is 10.2. The van der Waals surface area contributed by atoms with Gasteiger partial charge < -0.3 is 19.5 Å². The SMILES string of the molecule is CCCCCOC(=O)c1ccc(NC(=O)/C=C/c2ccc(OCCC)c(OC)c2)cc1. The van der Waals surface area contributed by atoms with Gasteiger partial charge in [-0.2, -0.15) is 0 Å². The third kappa shape index (κ3) is 8.16. The smallest absolute Gasteiger partial charge is 0.338 e. The van der Waals surface area contributed by atoms with Crippen LogP contribution < -0.4 is 14.8 Å². The van der Waals surface area contributed by atoms with Crippen LogP contribution in [0.3, 0.4) is 0 Å². The topological polar surface area (TPSA) is 73.9 Å². The molecule has 0 aliphatic carbocycles. The first kappa shape index (κ1) is 24.0. The van der Waals surface area contributed by atoms with E-state index in [2.05, 4.69) is 12.2 Å². The van der Waals surface area contributed by atoms with Crippen molar-refractivity contribution in [3.05, 3.63) is 59.7 Å². The molecule has 166 valence electrons. The Morgan fingerprint density at radius 1 is 0.935 bits per heavy atom. The van der Waals surface area contributed by atoms with Crippen LogP contribution in [0.25, 0.3) is 6.08 Å². The third-order valence-electron chi connectivity index (χ3n) is 4.45. The van der Waals surface area contributed by atoms with Gasteiger partial charge >= 0.3 is 5.97 Å². The third-order valence-corrected chi connectivity index (χ3v) is 4.45. The van der Waals surface area contributed by atoms with Crippen molar-refractivity contribution < 1.29 is 23.8 Å². The Bertz CT molecular complexity index is 874. The first-order chi connectivity index (χ1) is 15.1. The van der Waals surface area contributed by atoms with E-state index in [-0.39, 0.29) is 11.9 Å². The molecule has 2 aromatic carbocycles. The lowest BCUT2D eigenvalue weighted by Crippen LogP contribution is -2.09. The molecule has 6 heteroatoms. The molecule has 0 atom stereocenters. The summed E-state index contributed by atoms with van der Waals surface area (Å²) in [6.45, 7) is 5.17. The average molecular weight is 426 g/mol. The Morgan fingerprint density at radius 2 is 1.71 bits per heavy atom. The van der Waals surface area contributed by atoms with Crippen LogP contribution in [0.2, 0.25) is 0 Å². The fraction of sp³-hybridized carbons (Fsp3) is 0.360. The van der Waals surface area contributed by atoms with Crippen molar-refractivity contribution in [2.75, 3.05) is 25.6 Å². The summed E-state index contributed by atoms with van der Waals surface area (Å²) in [6.07, 6.45) is 7.03. The molecule has 31 heavy (non-hydrogen) atoms. The molecular formula is C25H31NO5. The number of carbonyl (C=O) groups excluding carboxylic acids is 2. The zero-order valence-electron chi connectivity index (χ0n) is 18.5. The van der Waals surface area contributed by atoms with Gasteiger partial charge in [0, 0.05) is 11.8 Å². The number of hydrogen-bond acceptors (Lipinski definition) is 5. The van der Waals surface area contributed by atoms with E-state index in [9.17, 15) is 9.59 Å². The van der Waals surface area contributed by atoms with E-state index in [4.69, 9.17) is 14.2 Å². The highest BCUT2D eigenvalue weighted by molar-refractivity contribution is 6.02. The molecule has 0 heterocycles. The minimum Gasteiger partial charge on any atom is -0.493 e. The summed E-state index contributed by atoms with van der Waals surface area (Å²) in [7, 11) is 1.58. The van der Waals surface area contributed by atoms with Crippen molar-refractivity contribution in [1.82, 2.24) is 0 Å². The molecule has 6 nitrogen and oxygen atoms in total. The van der Waals surface area contributed by atoms with Gasteiger partial charge in [0.2, 0.25) is 5.91 Å². The summed E-state index contributed by atoms with van der Waals surface area (Å²) in [6, 6.07) is 12.1. The fourth-order valence-electron chi connectivity index (χ4n) is 2.76. The molecule has 0 aromatic heterocycles. The highest BCUT2D eigenvalue weighted by atomic mass is 16.5. The maximum absolute atomic E-state index is 12.2. The van der Waals surface area contributed by atoms with E-state index in [0.29, 0.717) is 36.0 Å². The molecule has 0 bridgehead atoms. The van der Waals surface area contributed by atoms with E-state index < -0.39 is 0 Å². The Kier molecular flexibility index (Phi) is 10.1. The van der Waals surface area contributed by atoms with Crippen molar-refractivity contribution in [3.63, 3.8) is 0 Å². The molecule has 2 aromatic rings. The van der Waals surface area contributed by atoms with Crippen LogP contribution in [0, 0.1) is 0 Å². The van der Waals surface area contributed by atoms with Crippen LogP contribution >= 0.6 is 0 Å². The van der Waals surface area contributed by atoms with E-state index in [1.54, 1.807) is 37.5 Å². The van der Waals surface area contributed by atoms with Crippen LogP contribution in [-0.2, 0) is 9.53 Å². The molecular weight excluding hydrogens is 394 g/mol. The number of unbranched alkanes of at least 4 members (excludes halogenated alkanes) is 2. The molecule has 0 radical (unpaired) electrons. The van der Waals surface area contributed by atoms with Gasteiger partial charge in [-0.3, -0.25) is 4.79 Å². The number of ether oxygens (including phenoxy) is 3. The number of nitrogens with one attached hydrogen (secondary N) is 1. The quantitative estimate of drug-likeness (QED) is 0.277. The van der Waals surface area contributed by atoms with Crippen molar-refractivity contribution >= 4 is 23.6 Å². The van der Waals surface area contributed by atoms with Gasteiger partial charge in [-0.1, -0.05) is 32.8 Å². The van der Waals surface area contributed by atoms with Gasteiger partial charge in [-0.25, -0.2) is 4.79 Å². The number of methoxy groups -OCH3 is 1. The van der Waals surface area contributed by atoms with Gasteiger partial charge in [0.15, 0.2) is 11.5 Å². The molecule has 1 amide bonds. The number of anilines is 1. The number of carbonyl (C=O) groups is 2. The predicted octanol–water partition coefficient (Wildman–Crippen LogP) is 5.48. The molecule has 0 aliphatic rings. The van der Waals surface area contributed by atoms with Crippen LogP contribution in [0.15, 0.2) is 48.5 Å². The second-order valence-corrected chi connectivity index (χ2v) is 7.00. The van der Waals surface area contributed by atoms with Crippen molar-refractivity contribution in [3.8, 4) is 11.5 Å². The summed E-state index contributed by atoms with van der Waals surface area (Å²) in [5.41, 5.74) is 1.87. The van der Waals surface area contributed by atoms with Crippen LogP contribution in [0.1, 0.15) is 55.5 Å². The van der Waals surface area contributed by atoms with Gasteiger partial charge in [-0.05, 0) is 60.9 Å².